The van der Waals surface area contributed by atoms with Crippen LogP contribution in [0.2, 0.25) is 0 Å². The van der Waals surface area contributed by atoms with Crippen molar-refractivity contribution >= 4 is 16.8 Å². The lowest BCUT2D eigenvalue weighted by atomic mass is 10.1. The zero-order valence-corrected chi connectivity index (χ0v) is 15.9. The number of hydrogen-bond acceptors (Lipinski definition) is 5. The molecule has 3 aromatic rings. The van der Waals surface area contributed by atoms with Gasteiger partial charge in [-0.3, -0.25) is 14.7 Å². The molecule has 1 fully saturated rings. The number of morpholine rings is 1. The Morgan fingerprint density at radius 1 is 1.32 bits per heavy atom. The fourth-order valence-electron chi connectivity index (χ4n) is 3.57. The number of carbonyl (C=O) groups excluding carboxylic acids is 1. The van der Waals surface area contributed by atoms with E-state index < -0.39 is 0 Å². The van der Waals surface area contributed by atoms with Gasteiger partial charge in [-0.15, -0.1) is 0 Å². The van der Waals surface area contributed by atoms with Crippen LogP contribution in [0.3, 0.4) is 0 Å². The van der Waals surface area contributed by atoms with Crippen LogP contribution >= 0.6 is 0 Å². The van der Waals surface area contributed by atoms with Gasteiger partial charge in [0.15, 0.2) is 0 Å². The first-order chi connectivity index (χ1) is 13.7. The maximum atomic E-state index is 13.1. The van der Waals surface area contributed by atoms with Crippen LogP contribution in [-0.4, -0.2) is 54.2 Å². The Morgan fingerprint density at radius 3 is 2.93 bits per heavy atom. The molecular formula is C21H24N4O3. The first kappa shape index (κ1) is 18.5. The number of hydrogen-bond donors (Lipinski definition) is 2. The average Bonchev–Trinajstić information content (AvgIpc) is 3.16. The molecule has 0 radical (unpaired) electrons. The number of ether oxygens (including phenoxy) is 2. The molecule has 1 atom stereocenters. The zero-order chi connectivity index (χ0) is 19.3. The molecule has 0 bridgehead atoms. The van der Waals surface area contributed by atoms with Gasteiger partial charge in [-0.25, -0.2) is 0 Å². The molecular weight excluding hydrogens is 356 g/mol. The summed E-state index contributed by atoms with van der Waals surface area (Å²) in [6.45, 7) is 3.14. The van der Waals surface area contributed by atoms with Gasteiger partial charge in [-0.2, -0.15) is 0 Å². The number of benzene rings is 1. The molecule has 146 valence electrons. The highest BCUT2D eigenvalue weighted by atomic mass is 16.5. The van der Waals surface area contributed by atoms with Gasteiger partial charge in [0, 0.05) is 42.1 Å². The van der Waals surface area contributed by atoms with Crippen molar-refractivity contribution in [1.29, 1.82) is 0 Å². The minimum absolute atomic E-state index is 0.0360. The number of aromatic nitrogens is 2. The topological polar surface area (TPSA) is 79.5 Å². The number of methoxy groups -OCH3 is 1. The molecule has 2 N–H and O–H groups in total. The molecule has 7 nitrogen and oxygen atoms in total. The van der Waals surface area contributed by atoms with Crippen molar-refractivity contribution in [1.82, 2.24) is 20.2 Å². The second-order valence-corrected chi connectivity index (χ2v) is 6.80. The normalized spacial score (nSPS) is 16.0. The molecule has 7 heteroatoms. The lowest BCUT2D eigenvalue weighted by Crippen LogP contribution is -2.45. The summed E-state index contributed by atoms with van der Waals surface area (Å²) in [5, 5.41) is 4.13. The van der Waals surface area contributed by atoms with E-state index in [9.17, 15) is 4.79 Å². The summed E-state index contributed by atoms with van der Waals surface area (Å²) in [6, 6.07) is 11.3. The molecule has 0 saturated carbocycles. The van der Waals surface area contributed by atoms with Crippen LogP contribution < -0.4 is 10.1 Å². The molecule has 1 aliphatic rings. The maximum absolute atomic E-state index is 13.1. The molecule has 1 saturated heterocycles. The van der Waals surface area contributed by atoms with Gasteiger partial charge in [-0.05, 0) is 35.9 Å². The Hall–Kier alpha value is -2.90. The Balaban J connectivity index is 1.49. The second kappa shape index (κ2) is 8.41. The third-order valence-electron chi connectivity index (χ3n) is 5.00. The van der Waals surface area contributed by atoms with E-state index in [1.54, 1.807) is 19.5 Å². The molecule has 0 unspecified atom stereocenters. The summed E-state index contributed by atoms with van der Waals surface area (Å²) in [5.74, 6) is 0.775. The van der Waals surface area contributed by atoms with Crippen LogP contribution in [0.1, 0.15) is 17.3 Å². The molecule has 2 aromatic heterocycles. The zero-order valence-electron chi connectivity index (χ0n) is 15.9. The van der Waals surface area contributed by atoms with Gasteiger partial charge in [0.2, 0.25) is 5.91 Å². The summed E-state index contributed by atoms with van der Waals surface area (Å²) >= 11 is 0. The SMILES string of the molecule is COc1ccc2[nH]c(CNC(=O)[C@H](c3cccnc3)N3CCOCC3)cc2c1. The van der Waals surface area contributed by atoms with Gasteiger partial charge < -0.3 is 19.8 Å². The molecule has 1 amide bonds. The van der Waals surface area contributed by atoms with Crippen molar-refractivity contribution in [2.45, 2.75) is 12.6 Å². The number of fused-ring (bicyclic) bond motifs is 1. The molecule has 0 aliphatic carbocycles. The van der Waals surface area contributed by atoms with E-state index >= 15 is 0 Å². The van der Waals surface area contributed by atoms with Crippen molar-refractivity contribution < 1.29 is 14.3 Å². The minimum atomic E-state index is -0.373. The summed E-state index contributed by atoms with van der Waals surface area (Å²) in [7, 11) is 1.65. The smallest absolute Gasteiger partial charge is 0.242 e. The molecule has 1 aliphatic heterocycles. The lowest BCUT2D eigenvalue weighted by Gasteiger charge is -2.33. The predicted molar refractivity (Wildman–Crippen MR) is 106 cm³/mol. The van der Waals surface area contributed by atoms with E-state index in [0.717, 1.165) is 41.0 Å². The van der Waals surface area contributed by atoms with Crippen molar-refractivity contribution in [2.24, 2.45) is 0 Å². The highest BCUT2D eigenvalue weighted by Crippen LogP contribution is 2.23. The van der Waals surface area contributed by atoms with Crippen molar-refractivity contribution in [3.8, 4) is 5.75 Å². The van der Waals surface area contributed by atoms with E-state index in [4.69, 9.17) is 9.47 Å². The Labute approximate surface area is 163 Å². The van der Waals surface area contributed by atoms with Crippen LogP contribution in [-0.2, 0) is 16.1 Å². The summed E-state index contributed by atoms with van der Waals surface area (Å²) in [5.41, 5.74) is 2.86. The molecule has 1 aromatic carbocycles. The lowest BCUT2D eigenvalue weighted by molar-refractivity contribution is -0.128. The van der Waals surface area contributed by atoms with Gasteiger partial charge in [0.25, 0.3) is 0 Å². The van der Waals surface area contributed by atoms with E-state index in [1.807, 2.05) is 36.4 Å². The monoisotopic (exact) mass is 380 g/mol. The molecule has 28 heavy (non-hydrogen) atoms. The maximum Gasteiger partial charge on any atom is 0.242 e. The van der Waals surface area contributed by atoms with E-state index in [0.29, 0.717) is 19.8 Å². The fraction of sp³-hybridized carbons (Fsp3) is 0.333. The quantitative estimate of drug-likeness (QED) is 0.686. The average molecular weight is 380 g/mol. The second-order valence-electron chi connectivity index (χ2n) is 6.80. The van der Waals surface area contributed by atoms with Crippen LogP contribution in [0, 0.1) is 0 Å². The molecule has 0 spiro atoms. The number of H-pyrrole nitrogens is 1. The van der Waals surface area contributed by atoms with Gasteiger partial charge >= 0.3 is 0 Å². The first-order valence-electron chi connectivity index (χ1n) is 9.39. The minimum Gasteiger partial charge on any atom is -0.497 e. The third-order valence-corrected chi connectivity index (χ3v) is 5.00. The van der Waals surface area contributed by atoms with Gasteiger partial charge in [-0.1, -0.05) is 6.07 Å². The number of nitrogens with one attached hydrogen (secondary N) is 2. The predicted octanol–water partition coefficient (Wildman–Crippen LogP) is 2.26. The van der Waals surface area contributed by atoms with Crippen LogP contribution in [0.4, 0.5) is 0 Å². The van der Waals surface area contributed by atoms with Crippen molar-refractivity contribution in [2.75, 3.05) is 33.4 Å². The highest BCUT2D eigenvalue weighted by molar-refractivity contribution is 5.84. The summed E-state index contributed by atoms with van der Waals surface area (Å²) in [4.78, 5) is 22.8. The fourth-order valence-corrected chi connectivity index (χ4v) is 3.57. The standard InChI is InChI=1S/C21H24N4O3/c1-27-18-4-5-19-16(12-18)11-17(24-19)14-23-21(26)20(15-3-2-6-22-13-15)25-7-9-28-10-8-25/h2-6,11-13,20,24H,7-10,14H2,1H3,(H,23,26)/t20-/m0/s1. The van der Waals surface area contributed by atoms with Gasteiger partial charge in [0.1, 0.15) is 11.8 Å². The van der Waals surface area contributed by atoms with Crippen LogP contribution in [0.15, 0.2) is 48.8 Å². The Bertz CT molecular complexity index is 935. The molecule has 4 rings (SSSR count). The number of aromatic amines is 1. The number of nitrogens with zero attached hydrogens (tertiary/aromatic N) is 2. The van der Waals surface area contributed by atoms with Crippen LogP contribution in [0.25, 0.3) is 10.9 Å². The van der Waals surface area contributed by atoms with Crippen molar-refractivity contribution in [3.63, 3.8) is 0 Å². The number of pyridine rings is 1. The number of carbonyl (C=O) groups is 1. The largest absolute Gasteiger partial charge is 0.497 e. The Kier molecular flexibility index (Phi) is 5.55. The van der Waals surface area contributed by atoms with Crippen molar-refractivity contribution in [3.05, 3.63) is 60.0 Å². The molecule has 3 heterocycles. The number of rotatable bonds is 6. The van der Waals surface area contributed by atoms with Gasteiger partial charge in [0.05, 0.1) is 26.9 Å². The summed E-state index contributed by atoms with van der Waals surface area (Å²) in [6.07, 6.45) is 3.48. The van der Waals surface area contributed by atoms with Crippen LogP contribution in [0.5, 0.6) is 5.75 Å². The van der Waals surface area contributed by atoms with E-state index in [-0.39, 0.29) is 11.9 Å². The van der Waals surface area contributed by atoms with E-state index in [2.05, 4.69) is 20.2 Å². The summed E-state index contributed by atoms with van der Waals surface area (Å²) < 4.78 is 10.7. The third kappa shape index (κ3) is 4.00. The number of amides is 1. The Morgan fingerprint density at radius 2 is 2.18 bits per heavy atom. The first-order valence-corrected chi connectivity index (χ1v) is 9.39. The highest BCUT2D eigenvalue weighted by Gasteiger charge is 2.29. The van der Waals surface area contributed by atoms with E-state index in [1.165, 1.54) is 0 Å².